The van der Waals surface area contributed by atoms with Crippen LogP contribution in [0.2, 0.25) is 5.02 Å². The lowest BCUT2D eigenvalue weighted by molar-refractivity contribution is -0.138. The zero-order valence-corrected chi connectivity index (χ0v) is 10.9. The van der Waals surface area contributed by atoms with E-state index >= 15 is 0 Å². The zero-order valence-electron chi connectivity index (χ0n) is 10.1. The fraction of sp³-hybridized carbons (Fsp3) is 0.0714. The van der Waals surface area contributed by atoms with Crippen LogP contribution in [-0.4, -0.2) is 11.1 Å². The van der Waals surface area contributed by atoms with Gasteiger partial charge < -0.3 is 10.4 Å². The van der Waals surface area contributed by atoms with Crippen molar-refractivity contribution in [3.05, 3.63) is 64.7 Å². The van der Waals surface area contributed by atoms with E-state index in [1.807, 2.05) is 0 Å². The number of halogens is 3. The van der Waals surface area contributed by atoms with E-state index in [9.17, 15) is 18.7 Å². The molecular weight excluding hydrogens is 288 g/mol. The first-order valence-electron chi connectivity index (χ1n) is 5.67. The summed E-state index contributed by atoms with van der Waals surface area (Å²) in [6.45, 7) is 0. The molecule has 0 bridgehead atoms. The van der Waals surface area contributed by atoms with Gasteiger partial charge in [-0.2, -0.15) is 0 Å². The molecule has 0 heterocycles. The number of aliphatic carboxylic acids is 1. The van der Waals surface area contributed by atoms with E-state index < -0.39 is 23.6 Å². The normalized spacial score (nSPS) is 11.9. The summed E-state index contributed by atoms with van der Waals surface area (Å²) in [5, 5.41) is 12.3. The van der Waals surface area contributed by atoms with Gasteiger partial charge >= 0.3 is 5.97 Å². The third kappa shape index (κ3) is 3.24. The van der Waals surface area contributed by atoms with Crippen molar-refractivity contribution in [2.45, 2.75) is 6.04 Å². The van der Waals surface area contributed by atoms with Crippen LogP contribution in [0.25, 0.3) is 0 Å². The first kappa shape index (κ1) is 14.3. The van der Waals surface area contributed by atoms with Gasteiger partial charge in [-0.05, 0) is 42.5 Å². The summed E-state index contributed by atoms with van der Waals surface area (Å²) in [4.78, 5) is 11.3. The van der Waals surface area contributed by atoms with Crippen LogP contribution in [-0.2, 0) is 4.79 Å². The molecule has 104 valence electrons. The number of benzene rings is 2. The number of anilines is 1. The van der Waals surface area contributed by atoms with Crippen LogP contribution < -0.4 is 5.32 Å². The zero-order chi connectivity index (χ0) is 14.7. The molecule has 3 nitrogen and oxygen atoms in total. The third-order valence-corrected chi connectivity index (χ3v) is 2.92. The molecule has 0 saturated carbocycles. The average molecular weight is 298 g/mol. The Kier molecular flexibility index (Phi) is 4.20. The van der Waals surface area contributed by atoms with Crippen molar-refractivity contribution in [2.75, 3.05) is 5.32 Å². The number of hydrogen-bond acceptors (Lipinski definition) is 2. The number of rotatable bonds is 4. The SMILES string of the molecule is O=C(O)C(Nc1ccc(Cl)cc1)c1cc(F)ccc1F. The van der Waals surface area contributed by atoms with Crippen molar-refractivity contribution in [1.29, 1.82) is 0 Å². The molecule has 0 aliphatic carbocycles. The second-order valence-electron chi connectivity index (χ2n) is 4.09. The van der Waals surface area contributed by atoms with E-state index in [-0.39, 0.29) is 5.56 Å². The van der Waals surface area contributed by atoms with Crippen molar-refractivity contribution < 1.29 is 18.7 Å². The van der Waals surface area contributed by atoms with Gasteiger partial charge in [-0.1, -0.05) is 11.6 Å². The molecule has 1 atom stereocenters. The van der Waals surface area contributed by atoms with Gasteiger partial charge in [-0.3, -0.25) is 0 Å². The smallest absolute Gasteiger partial charge is 0.330 e. The highest BCUT2D eigenvalue weighted by molar-refractivity contribution is 6.30. The molecule has 0 saturated heterocycles. The van der Waals surface area contributed by atoms with Gasteiger partial charge in [0.25, 0.3) is 0 Å². The summed E-state index contributed by atoms with van der Waals surface area (Å²) in [6, 6.07) is 7.51. The summed E-state index contributed by atoms with van der Waals surface area (Å²) < 4.78 is 26.8. The van der Waals surface area contributed by atoms with E-state index in [4.69, 9.17) is 11.6 Å². The molecule has 0 aromatic heterocycles. The first-order chi connectivity index (χ1) is 9.47. The molecule has 0 radical (unpaired) electrons. The Labute approximate surface area is 118 Å². The molecule has 0 spiro atoms. The summed E-state index contributed by atoms with van der Waals surface area (Å²) in [7, 11) is 0. The minimum atomic E-state index is -1.40. The molecule has 6 heteroatoms. The van der Waals surface area contributed by atoms with E-state index in [1.54, 1.807) is 24.3 Å². The van der Waals surface area contributed by atoms with Gasteiger partial charge in [-0.15, -0.1) is 0 Å². The van der Waals surface area contributed by atoms with Gasteiger partial charge in [0.05, 0.1) is 0 Å². The maximum absolute atomic E-state index is 13.7. The maximum Gasteiger partial charge on any atom is 0.330 e. The maximum atomic E-state index is 13.7. The van der Waals surface area contributed by atoms with E-state index in [2.05, 4.69) is 5.32 Å². The highest BCUT2D eigenvalue weighted by Crippen LogP contribution is 2.24. The molecular formula is C14H10ClF2NO2. The second-order valence-corrected chi connectivity index (χ2v) is 4.52. The monoisotopic (exact) mass is 297 g/mol. The quantitative estimate of drug-likeness (QED) is 0.901. The van der Waals surface area contributed by atoms with Gasteiger partial charge in [0, 0.05) is 16.3 Å². The summed E-state index contributed by atoms with van der Waals surface area (Å²) in [5.74, 6) is -2.81. The topological polar surface area (TPSA) is 49.3 Å². The Balaban J connectivity index is 2.34. The van der Waals surface area contributed by atoms with Crippen molar-refractivity contribution >= 4 is 23.3 Å². The molecule has 0 aliphatic rings. The van der Waals surface area contributed by atoms with Gasteiger partial charge in [0.1, 0.15) is 11.6 Å². The van der Waals surface area contributed by atoms with E-state index in [1.165, 1.54) is 0 Å². The number of hydrogen-bond donors (Lipinski definition) is 2. The average Bonchev–Trinajstić information content (AvgIpc) is 2.41. The summed E-state index contributed by atoms with van der Waals surface area (Å²) in [5.41, 5.74) is 0.165. The minimum Gasteiger partial charge on any atom is -0.479 e. The number of carboxylic acid groups (broad SMARTS) is 1. The fourth-order valence-corrected chi connectivity index (χ4v) is 1.85. The summed E-state index contributed by atoms with van der Waals surface area (Å²) >= 11 is 5.72. The largest absolute Gasteiger partial charge is 0.479 e. The Bertz CT molecular complexity index is 632. The number of carboxylic acids is 1. The summed E-state index contributed by atoms with van der Waals surface area (Å²) in [6.07, 6.45) is 0. The predicted molar refractivity (Wildman–Crippen MR) is 71.8 cm³/mol. The third-order valence-electron chi connectivity index (χ3n) is 2.67. The molecule has 1 unspecified atom stereocenters. The van der Waals surface area contributed by atoms with Crippen LogP contribution in [0.5, 0.6) is 0 Å². The molecule has 2 aromatic carbocycles. The Hall–Kier alpha value is -2.14. The van der Waals surface area contributed by atoms with Gasteiger partial charge in [-0.25, -0.2) is 13.6 Å². The predicted octanol–water partition coefficient (Wildman–Crippen LogP) is 3.86. The molecule has 2 N–H and O–H groups in total. The molecule has 0 fully saturated rings. The highest BCUT2D eigenvalue weighted by Gasteiger charge is 2.23. The Morgan fingerprint density at radius 3 is 2.40 bits per heavy atom. The lowest BCUT2D eigenvalue weighted by atomic mass is 10.1. The van der Waals surface area contributed by atoms with Crippen molar-refractivity contribution in [1.82, 2.24) is 0 Å². The second kappa shape index (κ2) is 5.88. The molecule has 0 aliphatic heterocycles. The molecule has 0 amide bonds. The van der Waals surface area contributed by atoms with Crippen LogP contribution in [0.1, 0.15) is 11.6 Å². The van der Waals surface area contributed by atoms with Gasteiger partial charge in [0.2, 0.25) is 0 Å². The molecule has 2 rings (SSSR count). The lowest BCUT2D eigenvalue weighted by Crippen LogP contribution is -2.21. The van der Waals surface area contributed by atoms with Gasteiger partial charge in [0.15, 0.2) is 6.04 Å². The minimum absolute atomic E-state index is 0.271. The number of nitrogens with one attached hydrogen (secondary N) is 1. The number of carbonyl (C=O) groups is 1. The van der Waals surface area contributed by atoms with E-state index in [0.29, 0.717) is 10.7 Å². The lowest BCUT2D eigenvalue weighted by Gasteiger charge is -2.17. The van der Waals surface area contributed by atoms with E-state index in [0.717, 1.165) is 18.2 Å². The van der Waals surface area contributed by atoms with Crippen LogP contribution in [0.15, 0.2) is 42.5 Å². The van der Waals surface area contributed by atoms with Crippen molar-refractivity contribution in [2.24, 2.45) is 0 Å². The van der Waals surface area contributed by atoms with Crippen molar-refractivity contribution in [3.63, 3.8) is 0 Å². The van der Waals surface area contributed by atoms with Crippen LogP contribution in [0.4, 0.5) is 14.5 Å². The molecule has 2 aromatic rings. The Morgan fingerprint density at radius 2 is 1.80 bits per heavy atom. The highest BCUT2D eigenvalue weighted by atomic mass is 35.5. The van der Waals surface area contributed by atoms with Crippen molar-refractivity contribution in [3.8, 4) is 0 Å². The van der Waals surface area contributed by atoms with Crippen LogP contribution >= 0.6 is 11.6 Å². The molecule has 20 heavy (non-hydrogen) atoms. The Morgan fingerprint density at radius 1 is 1.15 bits per heavy atom. The van der Waals surface area contributed by atoms with Crippen LogP contribution in [0.3, 0.4) is 0 Å². The fourth-order valence-electron chi connectivity index (χ4n) is 1.72. The first-order valence-corrected chi connectivity index (χ1v) is 6.05. The standard InChI is InChI=1S/C14H10ClF2NO2/c15-8-1-4-10(5-2-8)18-13(14(19)20)11-7-9(16)3-6-12(11)17/h1-7,13,18H,(H,19,20). The van der Waals surface area contributed by atoms with Crippen LogP contribution in [0, 0.1) is 11.6 Å².